The lowest BCUT2D eigenvalue weighted by Gasteiger charge is -2.05. The first-order valence-corrected chi connectivity index (χ1v) is 5.50. The molecule has 0 aromatic carbocycles. The maximum Gasteiger partial charge on any atom is 0.305 e. The molecule has 1 aromatic rings. The van der Waals surface area contributed by atoms with Gasteiger partial charge in [0.1, 0.15) is 0 Å². The van der Waals surface area contributed by atoms with Gasteiger partial charge < -0.3 is 14.8 Å². The molecule has 0 saturated heterocycles. The zero-order valence-electron chi connectivity index (χ0n) is 10.1. The highest BCUT2D eigenvalue weighted by Crippen LogP contribution is 2.18. The molecule has 0 aliphatic carbocycles. The Morgan fingerprint density at radius 1 is 1.18 bits per heavy atom. The highest BCUT2D eigenvalue weighted by molar-refractivity contribution is 5.67. The van der Waals surface area contributed by atoms with Crippen molar-refractivity contribution in [3.8, 4) is 0 Å². The van der Waals surface area contributed by atoms with Crippen LogP contribution in [0, 0.1) is 13.8 Å². The van der Waals surface area contributed by atoms with E-state index >= 15 is 0 Å². The Balaban J connectivity index is 2.78. The summed E-state index contributed by atoms with van der Waals surface area (Å²) in [7, 11) is 0. The van der Waals surface area contributed by atoms with Gasteiger partial charge in [0.05, 0.1) is 6.42 Å². The van der Waals surface area contributed by atoms with Gasteiger partial charge in [-0.2, -0.15) is 0 Å². The number of aliphatic carboxylic acids is 2. The van der Waals surface area contributed by atoms with Crippen LogP contribution in [0.2, 0.25) is 0 Å². The van der Waals surface area contributed by atoms with E-state index < -0.39 is 11.9 Å². The second-order valence-electron chi connectivity index (χ2n) is 4.11. The molecule has 0 radical (unpaired) electrons. The Bertz CT molecular complexity index is 434. The maximum absolute atomic E-state index is 10.5. The van der Waals surface area contributed by atoms with Crippen molar-refractivity contribution in [2.24, 2.45) is 0 Å². The van der Waals surface area contributed by atoms with Gasteiger partial charge in [0.15, 0.2) is 0 Å². The van der Waals surface area contributed by atoms with E-state index in [4.69, 9.17) is 10.2 Å². The summed E-state index contributed by atoms with van der Waals surface area (Å²) in [6.45, 7) is 4.24. The molecule has 1 rings (SSSR count). The van der Waals surface area contributed by atoms with Gasteiger partial charge in [-0.15, -0.1) is 0 Å². The average Bonchev–Trinajstić information content (AvgIpc) is 2.48. The van der Waals surface area contributed by atoms with Gasteiger partial charge in [0, 0.05) is 24.9 Å². The molecule has 1 heterocycles. The molecule has 0 fully saturated rings. The second kappa shape index (κ2) is 5.52. The summed E-state index contributed by atoms with van der Waals surface area (Å²) in [6.07, 6.45) is 2.56. The van der Waals surface area contributed by atoms with Crippen molar-refractivity contribution in [3.63, 3.8) is 0 Å². The first-order chi connectivity index (χ1) is 7.91. The molecule has 0 spiro atoms. The molecule has 0 unspecified atom stereocenters. The smallest absolute Gasteiger partial charge is 0.305 e. The lowest BCUT2D eigenvalue weighted by molar-refractivity contribution is -0.138. The van der Waals surface area contributed by atoms with Crippen LogP contribution in [0.25, 0.3) is 0 Å². The van der Waals surface area contributed by atoms with Crippen LogP contribution in [0.5, 0.6) is 0 Å². The largest absolute Gasteiger partial charge is 0.481 e. The summed E-state index contributed by atoms with van der Waals surface area (Å²) in [4.78, 5) is 21.0. The Kier molecular flexibility index (Phi) is 4.31. The predicted octanol–water partition coefficient (Wildman–Crippen LogP) is 1.60. The average molecular weight is 239 g/mol. The van der Waals surface area contributed by atoms with Crippen molar-refractivity contribution in [1.82, 2.24) is 4.57 Å². The van der Waals surface area contributed by atoms with Crippen LogP contribution < -0.4 is 0 Å². The molecule has 5 heteroatoms. The third-order valence-corrected chi connectivity index (χ3v) is 2.85. The number of carboxylic acid groups (broad SMARTS) is 2. The summed E-state index contributed by atoms with van der Waals surface area (Å²) in [5.74, 6) is -1.65. The summed E-state index contributed by atoms with van der Waals surface area (Å²) in [6, 6.07) is 0. The van der Waals surface area contributed by atoms with E-state index in [1.807, 2.05) is 24.6 Å². The van der Waals surface area contributed by atoms with Crippen molar-refractivity contribution < 1.29 is 19.8 Å². The Morgan fingerprint density at radius 3 is 2.29 bits per heavy atom. The molecule has 94 valence electrons. The molecule has 0 saturated carbocycles. The number of hydrogen-bond acceptors (Lipinski definition) is 2. The number of nitrogens with zero attached hydrogens (tertiary/aromatic N) is 1. The third-order valence-electron chi connectivity index (χ3n) is 2.85. The van der Waals surface area contributed by atoms with Crippen LogP contribution >= 0.6 is 0 Å². The molecule has 0 bridgehead atoms. The molecule has 2 N–H and O–H groups in total. The van der Waals surface area contributed by atoms with Crippen LogP contribution in [-0.4, -0.2) is 26.7 Å². The molecule has 0 aliphatic rings. The van der Waals surface area contributed by atoms with Crippen molar-refractivity contribution in [2.45, 2.75) is 39.7 Å². The van der Waals surface area contributed by atoms with Crippen LogP contribution in [0.3, 0.4) is 0 Å². The van der Waals surface area contributed by atoms with Crippen LogP contribution in [0.4, 0.5) is 0 Å². The zero-order chi connectivity index (χ0) is 13.0. The summed E-state index contributed by atoms with van der Waals surface area (Å²) < 4.78 is 1.88. The number of aromatic nitrogens is 1. The first kappa shape index (κ1) is 13.3. The molecule has 5 nitrogen and oxygen atoms in total. The van der Waals surface area contributed by atoms with E-state index in [1.165, 1.54) is 0 Å². The molecule has 0 atom stereocenters. The molecular formula is C12H17NO4. The summed E-state index contributed by atoms with van der Waals surface area (Å²) in [5.41, 5.74) is 3.00. The third kappa shape index (κ3) is 3.62. The van der Waals surface area contributed by atoms with Crippen molar-refractivity contribution >= 4 is 11.9 Å². The number of hydrogen-bond donors (Lipinski definition) is 2. The van der Waals surface area contributed by atoms with Crippen LogP contribution in [0.15, 0.2) is 6.20 Å². The maximum atomic E-state index is 10.5. The van der Waals surface area contributed by atoms with Gasteiger partial charge in [-0.3, -0.25) is 9.59 Å². The standard InChI is InChI=1S/C12H17NO4/c1-8-7-13(6-5-12(16)17)9(2)10(8)3-4-11(14)15/h7H,3-6H2,1-2H3,(H,14,15)(H,16,17). The van der Waals surface area contributed by atoms with E-state index in [1.54, 1.807) is 0 Å². The van der Waals surface area contributed by atoms with Crippen molar-refractivity contribution in [1.29, 1.82) is 0 Å². The van der Waals surface area contributed by atoms with E-state index in [0.717, 1.165) is 16.8 Å². The Morgan fingerprint density at radius 2 is 1.76 bits per heavy atom. The van der Waals surface area contributed by atoms with E-state index in [2.05, 4.69) is 0 Å². The minimum absolute atomic E-state index is 0.0767. The van der Waals surface area contributed by atoms with Gasteiger partial charge in [-0.1, -0.05) is 0 Å². The topological polar surface area (TPSA) is 79.5 Å². The van der Waals surface area contributed by atoms with Gasteiger partial charge in [-0.05, 0) is 31.4 Å². The molecular weight excluding hydrogens is 222 g/mol. The normalized spacial score (nSPS) is 10.5. The molecule has 0 amide bonds. The van der Waals surface area contributed by atoms with Gasteiger partial charge >= 0.3 is 11.9 Å². The number of aryl methyl sites for hydroxylation is 2. The van der Waals surface area contributed by atoms with Gasteiger partial charge in [0.2, 0.25) is 0 Å². The Labute approximate surface area is 99.7 Å². The fourth-order valence-corrected chi connectivity index (χ4v) is 1.93. The van der Waals surface area contributed by atoms with Crippen molar-refractivity contribution in [2.75, 3.05) is 0 Å². The fraction of sp³-hybridized carbons (Fsp3) is 0.500. The summed E-state index contributed by atoms with van der Waals surface area (Å²) >= 11 is 0. The lowest BCUT2D eigenvalue weighted by Crippen LogP contribution is -2.06. The number of carboxylic acids is 2. The second-order valence-corrected chi connectivity index (χ2v) is 4.11. The lowest BCUT2D eigenvalue weighted by atomic mass is 10.1. The van der Waals surface area contributed by atoms with Gasteiger partial charge in [0.25, 0.3) is 0 Å². The van der Waals surface area contributed by atoms with Crippen molar-refractivity contribution in [3.05, 3.63) is 23.0 Å². The van der Waals surface area contributed by atoms with E-state index in [-0.39, 0.29) is 12.8 Å². The minimum Gasteiger partial charge on any atom is -0.481 e. The number of rotatable bonds is 6. The summed E-state index contributed by atoms with van der Waals surface area (Å²) in [5, 5.41) is 17.3. The zero-order valence-corrected chi connectivity index (χ0v) is 10.1. The molecule has 0 aliphatic heterocycles. The van der Waals surface area contributed by atoms with Gasteiger partial charge in [-0.25, -0.2) is 0 Å². The molecule has 17 heavy (non-hydrogen) atoms. The Hall–Kier alpha value is -1.78. The highest BCUT2D eigenvalue weighted by atomic mass is 16.4. The number of carbonyl (C=O) groups is 2. The van der Waals surface area contributed by atoms with E-state index in [9.17, 15) is 9.59 Å². The van der Waals surface area contributed by atoms with Crippen LogP contribution in [0.1, 0.15) is 29.7 Å². The SMILES string of the molecule is Cc1cn(CCC(=O)O)c(C)c1CCC(=O)O. The molecule has 1 aromatic heterocycles. The first-order valence-electron chi connectivity index (χ1n) is 5.50. The highest BCUT2D eigenvalue weighted by Gasteiger charge is 2.11. The monoisotopic (exact) mass is 239 g/mol. The quantitative estimate of drug-likeness (QED) is 0.790. The minimum atomic E-state index is -0.831. The van der Waals surface area contributed by atoms with Crippen LogP contribution in [-0.2, 0) is 22.6 Å². The van der Waals surface area contributed by atoms with E-state index in [0.29, 0.717) is 13.0 Å². The predicted molar refractivity (Wildman–Crippen MR) is 62.1 cm³/mol. The fourth-order valence-electron chi connectivity index (χ4n) is 1.93.